The maximum atomic E-state index is 5.29. The highest BCUT2D eigenvalue weighted by Gasteiger charge is 2.04. The summed E-state index contributed by atoms with van der Waals surface area (Å²) in [7, 11) is 3.40. The zero-order chi connectivity index (χ0) is 12.0. The van der Waals surface area contributed by atoms with Crippen LogP contribution in [0.5, 0.6) is 5.75 Å². The molecular formula is C12H18BrNO2. The fourth-order valence-electron chi connectivity index (χ4n) is 1.38. The third-order valence-electron chi connectivity index (χ3n) is 2.39. The first-order chi connectivity index (χ1) is 7.67. The number of benzene rings is 1. The molecular weight excluding hydrogens is 270 g/mol. The molecule has 0 bridgehead atoms. The smallest absolute Gasteiger partial charge is 0.123 e. The van der Waals surface area contributed by atoms with Crippen LogP contribution in [-0.4, -0.2) is 26.9 Å². The van der Waals surface area contributed by atoms with E-state index in [1.807, 2.05) is 19.1 Å². The van der Waals surface area contributed by atoms with Crippen LogP contribution in [0.2, 0.25) is 0 Å². The van der Waals surface area contributed by atoms with Crippen LogP contribution >= 0.6 is 15.9 Å². The summed E-state index contributed by atoms with van der Waals surface area (Å²) in [5, 5.41) is 3.33. The van der Waals surface area contributed by atoms with E-state index in [9.17, 15) is 0 Å². The fourth-order valence-corrected chi connectivity index (χ4v) is 1.79. The maximum Gasteiger partial charge on any atom is 0.123 e. The first kappa shape index (κ1) is 13.5. The van der Waals surface area contributed by atoms with Crippen molar-refractivity contribution in [2.24, 2.45) is 0 Å². The van der Waals surface area contributed by atoms with E-state index >= 15 is 0 Å². The molecule has 0 saturated carbocycles. The van der Waals surface area contributed by atoms with Gasteiger partial charge in [-0.15, -0.1) is 0 Å². The molecule has 1 unspecified atom stereocenters. The highest BCUT2D eigenvalue weighted by atomic mass is 79.9. The summed E-state index contributed by atoms with van der Waals surface area (Å²) in [6.45, 7) is 3.63. The fraction of sp³-hybridized carbons (Fsp3) is 0.500. The van der Waals surface area contributed by atoms with Gasteiger partial charge in [0.1, 0.15) is 5.75 Å². The molecule has 0 aliphatic rings. The lowest BCUT2D eigenvalue weighted by molar-refractivity contribution is 0.117. The lowest BCUT2D eigenvalue weighted by atomic mass is 10.2. The van der Waals surface area contributed by atoms with E-state index in [1.165, 1.54) is 0 Å². The van der Waals surface area contributed by atoms with Gasteiger partial charge < -0.3 is 14.8 Å². The van der Waals surface area contributed by atoms with E-state index in [1.54, 1.807) is 14.2 Å². The van der Waals surface area contributed by atoms with Gasteiger partial charge in [0, 0.05) is 30.2 Å². The Morgan fingerprint density at radius 2 is 2.12 bits per heavy atom. The van der Waals surface area contributed by atoms with Crippen LogP contribution in [0, 0.1) is 0 Å². The number of ether oxygens (including phenoxy) is 2. The number of nitrogens with one attached hydrogen (secondary N) is 1. The Kier molecular flexibility index (Phi) is 5.80. The van der Waals surface area contributed by atoms with Crippen LogP contribution < -0.4 is 10.1 Å². The summed E-state index contributed by atoms with van der Waals surface area (Å²) >= 11 is 3.45. The van der Waals surface area contributed by atoms with Gasteiger partial charge in [-0.3, -0.25) is 0 Å². The second kappa shape index (κ2) is 6.89. The summed E-state index contributed by atoms with van der Waals surface area (Å²) < 4.78 is 11.5. The van der Waals surface area contributed by atoms with Gasteiger partial charge in [-0.2, -0.15) is 0 Å². The predicted molar refractivity (Wildman–Crippen MR) is 68.9 cm³/mol. The summed E-state index contributed by atoms with van der Waals surface area (Å²) in [5.41, 5.74) is 1.14. The number of halogens is 1. The molecule has 1 atom stereocenters. The second-order valence-electron chi connectivity index (χ2n) is 3.63. The van der Waals surface area contributed by atoms with Gasteiger partial charge >= 0.3 is 0 Å². The van der Waals surface area contributed by atoms with Crippen LogP contribution in [-0.2, 0) is 11.3 Å². The Labute approximate surface area is 105 Å². The minimum absolute atomic E-state index is 0.221. The van der Waals surface area contributed by atoms with Gasteiger partial charge in [-0.1, -0.05) is 15.9 Å². The highest BCUT2D eigenvalue weighted by molar-refractivity contribution is 9.10. The lowest BCUT2D eigenvalue weighted by Crippen LogP contribution is -2.25. The largest absolute Gasteiger partial charge is 0.496 e. The molecule has 0 aromatic heterocycles. The molecule has 0 aliphatic carbocycles. The average molecular weight is 288 g/mol. The third-order valence-corrected chi connectivity index (χ3v) is 2.89. The molecule has 16 heavy (non-hydrogen) atoms. The zero-order valence-electron chi connectivity index (χ0n) is 9.92. The van der Waals surface area contributed by atoms with E-state index < -0.39 is 0 Å². The van der Waals surface area contributed by atoms with Crippen molar-refractivity contribution in [2.75, 3.05) is 20.8 Å². The molecule has 0 aliphatic heterocycles. The van der Waals surface area contributed by atoms with Crippen molar-refractivity contribution in [1.82, 2.24) is 5.32 Å². The van der Waals surface area contributed by atoms with Gasteiger partial charge in [0.15, 0.2) is 0 Å². The predicted octanol–water partition coefficient (Wildman–Crippen LogP) is 2.58. The number of methoxy groups -OCH3 is 2. The highest BCUT2D eigenvalue weighted by Crippen LogP contribution is 2.22. The van der Waals surface area contributed by atoms with Gasteiger partial charge in [0.05, 0.1) is 13.2 Å². The van der Waals surface area contributed by atoms with Gasteiger partial charge in [0.25, 0.3) is 0 Å². The van der Waals surface area contributed by atoms with Crippen LogP contribution in [0.3, 0.4) is 0 Å². The first-order valence-electron chi connectivity index (χ1n) is 5.23. The lowest BCUT2D eigenvalue weighted by Gasteiger charge is -2.13. The minimum Gasteiger partial charge on any atom is -0.496 e. The molecule has 1 aromatic rings. The molecule has 0 amide bonds. The van der Waals surface area contributed by atoms with Crippen LogP contribution in [0.15, 0.2) is 22.7 Å². The van der Waals surface area contributed by atoms with Crippen LogP contribution in [0.1, 0.15) is 12.5 Å². The summed E-state index contributed by atoms with van der Waals surface area (Å²) in [4.78, 5) is 0. The van der Waals surface area contributed by atoms with Crippen molar-refractivity contribution in [3.8, 4) is 5.75 Å². The topological polar surface area (TPSA) is 30.5 Å². The van der Waals surface area contributed by atoms with E-state index in [0.29, 0.717) is 0 Å². The van der Waals surface area contributed by atoms with Crippen molar-refractivity contribution in [2.45, 2.75) is 19.6 Å². The average Bonchev–Trinajstić information content (AvgIpc) is 2.29. The molecule has 1 aromatic carbocycles. The summed E-state index contributed by atoms with van der Waals surface area (Å²) in [6, 6.07) is 5.99. The third kappa shape index (κ3) is 4.12. The van der Waals surface area contributed by atoms with E-state index in [4.69, 9.17) is 9.47 Å². The molecule has 1 rings (SSSR count). The van der Waals surface area contributed by atoms with Crippen molar-refractivity contribution in [1.29, 1.82) is 0 Å². The second-order valence-corrected chi connectivity index (χ2v) is 4.55. The van der Waals surface area contributed by atoms with Gasteiger partial charge in [0.2, 0.25) is 0 Å². The van der Waals surface area contributed by atoms with Crippen molar-refractivity contribution in [3.63, 3.8) is 0 Å². The van der Waals surface area contributed by atoms with Gasteiger partial charge in [-0.05, 0) is 25.1 Å². The summed E-state index contributed by atoms with van der Waals surface area (Å²) in [6.07, 6.45) is 0.221. The summed E-state index contributed by atoms with van der Waals surface area (Å²) in [5.74, 6) is 0.903. The monoisotopic (exact) mass is 287 g/mol. The SMILES string of the molecule is COc1ccc(Br)cc1CNCC(C)OC. The van der Waals surface area contributed by atoms with E-state index in [-0.39, 0.29) is 6.10 Å². The van der Waals surface area contributed by atoms with Crippen LogP contribution in [0.25, 0.3) is 0 Å². The Morgan fingerprint density at radius 3 is 2.75 bits per heavy atom. The Hall–Kier alpha value is -0.580. The number of hydrogen-bond donors (Lipinski definition) is 1. The maximum absolute atomic E-state index is 5.29. The van der Waals surface area contributed by atoms with Crippen molar-refractivity contribution < 1.29 is 9.47 Å². The van der Waals surface area contributed by atoms with E-state index in [2.05, 4.69) is 27.3 Å². The molecule has 1 N–H and O–H groups in total. The molecule has 90 valence electrons. The molecule has 4 heteroatoms. The number of rotatable bonds is 6. The molecule has 0 radical (unpaired) electrons. The van der Waals surface area contributed by atoms with Gasteiger partial charge in [-0.25, -0.2) is 0 Å². The molecule has 0 spiro atoms. The normalized spacial score (nSPS) is 12.5. The Bertz CT molecular complexity index is 331. The Balaban J connectivity index is 2.55. The Morgan fingerprint density at radius 1 is 1.38 bits per heavy atom. The van der Waals surface area contributed by atoms with Crippen molar-refractivity contribution >= 4 is 15.9 Å². The minimum atomic E-state index is 0.221. The first-order valence-corrected chi connectivity index (χ1v) is 6.02. The molecule has 3 nitrogen and oxygen atoms in total. The standard InChI is InChI=1S/C12H18BrNO2/c1-9(15-2)7-14-8-10-6-11(13)4-5-12(10)16-3/h4-6,9,14H,7-8H2,1-3H3. The molecule has 0 fully saturated rings. The number of hydrogen-bond acceptors (Lipinski definition) is 3. The van der Waals surface area contributed by atoms with Crippen LogP contribution in [0.4, 0.5) is 0 Å². The van der Waals surface area contributed by atoms with Crippen molar-refractivity contribution in [3.05, 3.63) is 28.2 Å². The quantitative estimate of drug-likeness (QED) is 0.872. The molecule has 0 heterocycles. The van der Waals surface area contributed by atoms with E-state index in [0.717, 1.165) is 28.9 Å². The zero-order valence-corrected chi connectivity index (χ0v) is 11.5. The molecule has 0 saturated heterocycles.